The van der Waals surface area contributed by atoms with Gasteiger partial charge in [-0.1, -0.05) is 12.2 Å². The van der Waals surface area contributed by atoms with Gasteiger partial charge in [-0.15, -0.1) is 0 Å². The van der Waals surface area contributed by atoms with Crippen molar-refractivity contribution in [2.45, 2.75) is 24.6 Å². The van der Waals surface area contributed by atoms with Crippen molar-refractivity contribution in [2.24, 2.45) is 5.92 Å². The highest BCUT2D eigenvalue weighted by Crippen LogP contribution is 2.61. The first-order valence-electron chi connectivity index (χ1n) is 5.72. The second-order valence-corrected chi connectivity index (χ2v) is 4.88. The van der Waals surface area contributed by atoms with Crippen LogP contribution < -0.4 is 0 Å². The number of halogens is 5. The maximum atomic E-state index is 14.1. The maximum Gasteiger partial charge on any atom is 0.418 e. The zero-order valence-electron chi connectivity index (χ0n) is 9.79. The third-order valence-corrected chi connectivity index (χ3v) is 3.71. The van der Waals surface area contributed by atoms with Gasteiger partial charge in [0.1, 0.15) is 6.54 Å². The summed E-state index contributed by atoms with van der Waals surface area (Å²) in [5, 5.41) is 8.67. The number of allylic oxidation sites excluding steroid dienone is 2. The number of aromatic nitrogens is 1. The molecular weight excluding hydrogens is 285 g/mol. The van der Waals surface area contributed by atoms with Crippen LogP contribution in [0.3, 0.4) is 0 Å². The van der Waals surface area contributed by atoms with E-state index in [4.69, 9.17) is 5.11 Å². The number of rotatable bonds is 2. The van der Waals surface area contributed by atoms with Crippen molar-refractivity contribution < 1.29 is 31.9 Å². The fourth-order valence-corrected chi connectivity index (χ4v) is 2.89. The lowest BCUT2D eigenvalue weighted by molar-refractivity contribution is -0.140. The third-order valence-electron chi connectivity index (χ3n) is 3.71. The Morgan fingerprint density at radius 3 is 2.45 bits per heavy atom. The van der Waals surface area contributed by atoms with E-state index in [-0.39, 0.29) is 0 Å². The minimum Gasteiger partial charge on any atom is -0.480 e. The van der Waals surface area contributed by atoms with Gasteiger partial charge in [0.15, 0.2) is 0 Å². The summed E-state index contributed by atoms with van der Waals surface area (Å²) in [6, 6.07) is 0. The van der Waals surface area contributed by atoms with Crippen LogP contribution in [0.25, 0.3) is 0 Å². The van der Waals surface area contributed by atoms with Crippen molar-refractivity contribution in [3.8, 4) is 0 Å². The van der Waals surface area contributed by atoms with Crippen LogP contribution in [0.15, 0.2) is 18.3 Å². The number of hydrogen-bond donors (Lipinski definition) is 1. The number of hydrogen-bond acceptors (Lipinski definition) is 1. The van der Waals surface area contributed by atoms with E-state index in [2.05, 4.69) is 0 Å². The first-order chi connectivity index (χ1) is 9.14. The molecule has 3 rings (SSSR count). The summed E-state index contributed by atoms with van der Waals surface area (Å²) < 4.78 is 67.5. The van der Waals surface area contributed by atoms with Crippen molar-refractivity contribution in [2.75, 3.05) is 0 Å². The molecule has 2 aliphatic rings. The van der Waals surface area contributed by atoms with Crippen LogP contribution >= 0.6 is 0 Å². The quantitative estimate of drug-likeness (QED) is 0.673. The molecule has 8 heteroatoms. The van der Waals surface area contributed by atoms with Gasteiger partial charge in [-0.05, 0) is 5.56 Å². The molecule has 0 aliphatic heterocycles. The smallest absolute Gasteiger partial charge is 0.418 e. The number of aliphatic carboxylic acids is 1. The lowest BCUT2D eigenvalue weighted by Gasteiger charge is -2.28. The zero-order chi connectivity index (χ0) is 14.9. The Morgan fingerprint density at radius 1 is 1.35 bits per heavy atom. The summed E-state index contributed by atoms with van der Waals surface area (Å²) in [7, 11) is 0. The fourth-order valence-electron chi connectivity index (χ4n) is 2.89. The van der Waals surface area contributed by atoms with Crippen molar-refractivity contribution in [3.63, 3.8) is 0 Å². The Morgan fingerprint density at radius 2 is 2.00 bits per heavy atom. The first kappa shape index (κ1) is 13.1. The van der Waals surface area contributed by atoms with E-state index in [0.717, 1.165) is 6.08 Å². The van der Waals surface area contributed by atoms with Gasteiger partial charge in [-0.2, -0.15) is 22.0 Å². The van der Waals surface area contributed by atoms with Gasteiger partial charge in [-0.3, -0.25) is 4.79 Å². The van der Waals surface area contributed by atoms with Crippen LogP contribution in [0, 0.1) is 5.92 Å². The summed E-state index contributed by atoms with van der Waals surface area (Å²) in [5.74, 6) is -7.26. The molecule has 1 heterocycles. The molecule has 0 saturated carbocycles. The summed E-state index contributed by atoms with van der Waals surface area (Å²) >= 11 is 0. The number of carboxylic acids is 1. The Balaban J connectivity index is 2.23. The predicted molar refractivity (Wildman–Crippen MR) is 56.3 cm³/mol. The van der Waals surface area contributed by atoms with Gasteiger partial charge in [0.25, 0.3) is 5.92 Å². The van der Waals surface area contributed by atoms with Gasteiger partial charge >= 0.3 is 12.1 Å². The molecule has 20 heavy (non-hydrogen) atoms. The molecule has 0 aromatic carbocycles. The van der Waals surface area contributed by atoms with E-state index in [1.165, 1.54) is 6.08 Å². The van der Waals surface area contributed by atoms with E-state index in [0.29, 0.717) is 10.8 Å². The lowest BCUT2D eigenvalue weighted by atomic mass is 9.80. The second kappa shape index (κ2) is 3.62. The monoisotopic (exact) mass is 293 g/mol. The number of fused-ring (bicyclic) bond motifs is 3. The molecule has 0 bridgehead atoms. The minimum absolute atomic E-state index is 0.467. The van der Waals surface area contributed by atoms with Gasteiger partial charge < -0.3 is 9.67 Å². The van der Waals surface area contributed by atoms with Crippen molar-refractivity contribution >= 4 is 5.97 Å². The highest BCUT2D eigenvalue weighted by molar-refractivity contribution is 5.67. The topological polar surface area (TPSA) is 42.2 Å². The summed E-state index contributed by atoms with van der Waals surface area (Å²) in [6.45, 7) is -0.923. The average molecular weight is 293 g/mol. The van der Waals surface area contributed by atoms with Crippen LogP contribution in [-0.2, 0) is 23.4 Å². The van der Waals surface area contributed by atoms with Crippen LogP contribution in [0.5, 0.6) is 0 Å². The second-order valence-electron chi connectivity index (χ2n) is 4.88. The molecule has 1 aromatic rings. The predicted octanol–water partition coefficient (Wildman–Crippen LogP) is 2.97. The molecule has 0 fully saturated rings. The lowest BCUT2D eigenvalue weighted by Crippen LogP contribution is -2.28. The highest BCUT2D eigenvalue weighted by Gasteiger charge is 2.60. The summed E-state index contributed by atoms with van der Waals surface area (Å²) in [4.78, 5) is 10.7. The van der Waals surface area contributed by atoms with E-state index in [1.807, 2.05) is 0 Å². The maximum absolute atomic E-state index is 14.1. The highest BCUT2D eigenvalue weighted by atomic mass is 19.4. The zero-order valence-corrected chi connectivity index (χ0v) is 9.79. The molecule has 0 saturated heterocycles. The van der Waals surface area contributed by atoms with Gasteiger partial charge in [0.2, 0.25) is 0 Å². The molecule has 1 aromatic heterocycles. The SMILES string of the molecule is O=C(O)Cn1cc(C(F)(F)F)c2c1C(F)(F)[C@@H]1C=C[C@H]21. The molecule has 0 amide bonds. The average Bonchev–Trinajstić information content (AvgIpc) is 2.59. The van der Waals surface area contributed by atoms with Gasteiger partial charge in [0, 0.05) is 12.1 Å². The van der Waals surface area contributed by atoms with Crippen molar-refractivity contribution in [3.05, 3.63) is 35.2 Å². The van der Waals surface area contributed by atoms with Gasteiger partial charge in [-0.25, -0.2) is 0 Å². The van der Waals surface area contributed by atoms with E-state index >= 15 is 0 Å². The number of carboxylic acid groups (broad SMARTS) is 1. The van der Waals surface area contributed by atoms with E-state index in [9.17, 15) is 26.7 Å². The van der Waals surface area contributed by atoms with Gasteiger partial charge in [0.05, 0.1) is 17.2 Å². The Hall–Kier alpha value is -1.86. The van der Waals surface area contributed by atoms with Crippen LogP contribution in [0.4, 0.5) is 22.0 Å². The molecule has 2 aliphatic carbocycles. The van der Waals surface area contributed by atoms with Crippen molar-refractivity contribution in [1.82, 2.24) is 4.57 Å². The third kappa shape index (κ3) is 1.53. The fraction of sp³-hybridized carbons (Fsp3) is 0.417. The van der Waals surface area contributed by atoms with Crippen LogP contribution in [0.2, 0.25) is 0 Å². The summed E-state index contributed by atoms with van der Waals surface area (Å²) in [6.07, 6.45) is -1.86. The minimum atomic E-state index is -4.79. The summed E-state index contributed by atoms with van der Waals surface area (Å²) in [5.41, 5.74) is -2.49. The Kier molecular flexibility index (Phi) is 2.38. The molecule has 3 nitrogen and oxygen atoms in total. The Labute approximate surface area is 109 Å². The van der Waals surface area contributed by atoms with Crippen LogP contribution in [0.1, 0.15) is 22.7 Å². The van der Waals surface area contributed by atoms with E-state index in [1.54, 1.807) is 0 Å². The Bertz CT molecular complexity index is 629. The molecule has 0 spiro atoms. The number of nitrogens with zero attached hydrogens (tertiary/aromatic N) is 1. The molecule has 0 unspecified atom stereocenters. The molecule has 0 radical (unpaired) electrons. The molecule has 1 N–H and O–H groups in total. The number of alkyl halides is 5. The molecule has 2 atom stereocenters. The first-order valence-corrected chi connectivity index (χ1v) is 5.72. The largest absolute Gasteiger partial charge is 0.480 e. The normalized spacial score (nSPS) is 26.1. The van der Waals surface area contributed by atoms with Crippen molar-refractivity contribution in [1.29, 1.82) is 0 Å². The van der Waals surface area contributed by atoms with Crippen LogP contribution in [-0.4, -0.2) is 15.6 Å². The molecular formula is C12H8F5NO2. The standard InChI is InChI=1S/C12H8F5NO2/c13-11(14)6-2-1-5(6)9-7(12(15,16)17)3-18(10(9)11)4-8(19)20/h1-3,5-6H,4H2,(H,19,20)/t5-,6+/m0/s1. The molecule has 108 valence electrons. The van der Waals surface area contributed by atoms with E-state index < -0.39 is 53.3 Å². The number of carbonyl (C=O) groups is 1.